The van der Waals surface area contributed by atoms with E-state index < -0.39 is 0 Å². The van der Waals surface area contributed by atoms with Gasteiger partial charge in [-0.05, 0) is 60.9 Å². The van der Waals surface area contributed by atoms with Gasteiger partial charge in [0.15, 0.2) is 0 Å². The monoisotopic (exact) mass is 332 g/mol. The molecule has 0 fully saturated rings. The van der Waals surface area contributed by atoms with E-state index in [2.05, 4.69) is 6.07 Å². The molecule has 0 unspecified atom stereocenters. The first-order valence-corrected chi connectivity index (χ1v) is 8.57. The van der Waals surface area contributed by atoms with Crippen molar-refractivity contribution in [1.29, 1.82) is 0 Å². The van der Waals surface area contributed by atoms with Gasteiger partial charge in [-0.15, -0.1) is 0 Å². The van der Waals surface area contributed by atoms with Crippen LogP contribution in [-0.4, -0.2) is 16.9 Å². The molecule has 0 N–H and O–H groups in total. The summed E-state index contributed by atoms with van der Waals surface area (Å²) in [5.41, 5.74) is 5.65. The summed E-state index contributed by atoms with van der Waals surface area (Å²) < 4.78 is 22.1. The zero-order chi connectivity index (χ0) is 16.8. The molecule has 3 nitrogen and oxygen atoms in total. The molecular formula is C21H17FN2O. The lowest BCUT2D eigenvalue weighted by Crippen LogP contribution is -2.12. The minimum atomic E-state index is -0.207. The molecule has 0 atom stereocenters. The van der Waals surface area contributed by atoms with E-state index in [1.54, 1.807) is 6.07 Å². The fraction of sp³-hybridized carbons (Fsp3) is 0.190. The highest BCUT2D eigenvalue weighted by molar-refractivity contribution is 6.12. The Labute approximate surface area is 145 Å². The maximum atomic E-state index is 14.3. The van der Waals surface area contributed by atoms with Gasteiger partial charge in [0.2, 0.25) is 0 Å². The van der Waals surface area contributed by atoms with Crippen molar-refractivity contribution >= 4 is 5.71 Å². The Morgan fingerprint density at radius 3 is 3.00 bits per heavy atom. The molecule has 124 valence electrons. The van der Waals surface area contributed by atoms with E-state index in [-0.39, 0.29) is 5.82 Å². The number of hydrogen-bond acceptors (Lipinski definition) is 2. The van der Waals surface area contributed by atoms with Crippen LogP contribution < -0.4 is 4.74 Å². The third-order valence-electron chi connectivity index (χ3n) is 4.92. The lowest BCUT2D eigenvalue weighted by Gasteiger charge is -2.18. The Bertz CT molecular complexity index is 1000. The van der Waals surface area contributed by atoms with Crippen molar-refractivity contribution in [2.24, 2.45) is 4.99 Å². The van der Waals surface area contributed by atoms with Crippen LogP contribution in [0.5, 0.6) is 5.75 Å². The molecule has 0 amide bonds. The van der Waals surface area contributed by atoms with Crippen LogP contribution in [0.4, 0.5) is 4.39 Å². The number of hydrogen-bond donors (Lipinski definition) is 0. The molecular weight excluding hydrogens is 315 g/mol. The van der Waals surface area contributed by atoms with Crippen LogP contribution in [0.2, 0.25) is 0 Å². The lowest BCUT2D eigenvalue weighted by molar-refractivity contribution is 0.288. The zero-order valence-corrected chi connectivity index (χ0v) is 13.7. The van der Waals surface area contributed by atoms with E-state index in [1.165, 1.54) is 11.6 Å². The Kier molecular flexibility index (Phi) is 3.23. The zero-order valence-electron chi connectivity index (χ0n) is 13.7. The highest BCUT2D eigenvalue weighted by atomic mass is 19.1. The van der Waals surface area contributed by atoms with E-state index in [1.807, 2.05) is 41.1 Å². The molecule has 2 aromatic carbocycles. The van der Waals surface area contributed by atoms with Crippen LogP contribution >= 0.6 is 0 Å². The van der Waals surface area contributed by atoms with Gasteiger partial charge in [-0.1, -0.05) is 6.07 Å². The molecule has 4 heteroatoms. The summed E-state index contributed by atoms with van der Waals surface area (Å²) in [5.74, 6) is 0.759. The quantitative estimate of drug-likeness (QED) is 0.653. The van der Waals surface area contributed by atoms with Crippen LogP contribution in [0.15, 0.2) is 59.7 Å². The van der Waals surface area contributed by atoms with Gasteiger partial charge < -0.3 is 9.30 Å². The summed E-state index contributed by atoms with van der Waals surface area (Å²) in [6.07, 6.45) is 4.03. The van der Waals surface area contributed by atoms with Crippen LogP contribution in [0.1, 0.15) is 28.8 Å². The average molecular weight is 332 g/mol. The number of halogens is 1. The summed E-state index contributed by atoms with van der Waals surface area (Å²) in [4.78, 5) is 4.77. The number of nitrogens with zero attached hydrogens (tertiary/aromatic N) is 2. The minimum absolute atomic E-state index is 0.207. The van der Waals surface area contributed by atoms with Crippen LogP contribution in [0.3, 0.4) is 0 Å². The maximum Gasteiger partial charge on any atom is 0.130 e. The summed E-state index contributed by atoms with van der Waals surface area (Å²) in [5, 5.41) is 0. The molecule has 0 radical (unpaired) electrons. The number of aryl methyl sites for hydroxylation is 1. The van der Waals surface area contributed by atoms with Gasteiger partial charge in [-0.2, -0.15) is 0 Å². The van der Waals surface area contributed by atoms with E-state index in [4.69, 9.17) is 9.73 Å². The molecule has 5 rings (SSSR count). The summed E-state index contributed by atoms with van der Waals surface area (Å²) in [7, 11) is 0. The Morgan fingerprint density at radius 1 is 1.08 bits per heavy atom. The molecule has 2 aliphatic rings. The highest BCUT2D eigenvalue weighted by Crippen LogP contribution is 2.30. The number of fused-ring (bicyclic) bond motifs is 4. The SMILES string of the molecule is Fc1cccc2c1CN=C(c1ccc3c(c1)CCCO3)c1cccn1-2. The van der Waals surface area contributed by atoms with Gasteiger partial charge in [-0.25, -0.2) is 4.39 Å². The largest absolute Gasteiger partial charge is 0.493 e. The summed E-state index contributed by atoms with van der Waals surface area (Å²) in [6, 6.07) is 15.4. The van der Waals surface area contributed by atoms with E-state index >= 15 is 0 Å². The predicted molar refractivity (Wildman–Crippen MR) is 95.3 cm³/mol. The second kappa shape index (κ2) is 5.59. The van der Waals surface area contributed by atoms with Crippen LogP contribution in [0.25, 0.3) is 5.69 Å². The molecule has 0 saturated heterocycles. The van der Waals surface area contributed by atoms with Gasteiger partial charge in [0, 0.05) is 17.3 Å². The summed E-state index contributed by atoms with van der Waals surface area (Å²) in [6.45, 7) is 1.12. The second-order valence-electron chi connectivity index (χ2n) is 6.44. The van der Waals surface area contributed by atoms with Gasteiger partial charge in [0.1, 0.15) is 11.6 Å². The molecule has 1 aromatic heterocycles. The molecule has 2 aliphatic heterocycles. The van der Waals surface area contributed by atoms with Crippen molar-refractivity contribution < 1.29 is 9.13 Å². The smallest absolute Gasteiger partial charge is 0.130 e. The predicted octanol–water partition coefficient (Wildman–Crippen LogP) is 4.29. The fourth-order valence-electron chi connectivity index (χ4n) is 3.70. The third kappa shape index (κ3) is 2.29. The van der Waals surface area contributed by atoms with Gasteiger partial charge in [0.25, 0.3) is 0 Å². The number of aromatic nitrogens is 1. The molecule has 3 heterocycles. The molecule has 0 bridgehead atoms. The molecule has 0 spiro atoms. The van der Waals surface area contributed by atoms with E-state index in [0.717, 1.165) is 47.9 Å². The van der Waals surface area contributed by atoms with Crippen molar-refractivity contribution in [3.63, 3.8) is 0 Å². The van der Waals surface area contributed by atoms with Gasteiger partial charge >= 0.3 is 0 Å². The Balaban J connectivity index is 1.68. The lowest BCUT2D eigenvalue weighted by atomic mass is 9.99. The van der Waals surface area contributed by atoms with Crippen molar-refractivity contribution in [2.45, 2.75) is 19.4 Å². The number of aliphatic imine (C=N–C) groups is 1. The van der Waals surface area contributed by atoms with Gasteiger partial charge in [0.05, 0.1) is 30.2 Å². The van der Waals surface area contributed by atoms with E-state index in [0.29, 0.717) is 12.1 Å². The Hall–Kier alpha value is -2.88. The first-order valence-electron chi connectivity index (χ1n) is 8.57. The van der Waals surface area contributed by atoms with Gasteiger partial charge in [-0.3, -0.25) is 4.99 Å². The number of benzene rings is 2. The molecule has 0 aliphatic carbocycles. The number of rotatable bonds is 1. The van der Waals surface area contributed by atoms with Crippen molar-refractivity contribution in [3.05, 3.63) is 82.9 Å². The van der Waals surface area contributed by atoms with Crippen LogP contribution in [-0.2, 0) is 13.0 Å². The fourth-order valence-corrected chi connectivity index (χ4v) is 3.70. The number of ether oxygens (including phenoxy) is 1. The first kappa shape index (κ1) is 14.5. The summed E-state index contributed by atoms with van der Waals surface area (Å²) >= 11 is 0. The average Bonchev–Trinajstić information content (AvgIpc) is 3.06. The minimum Gasteiger partial charge on any atom is -0.493 e. The highest BCUT2D eigenvalue weighted by Gasteiger charge is 2.21. The second-order valence-corrected chi connectivity index (χ2v) is 6.44. The van der Waals surface area contributed by atoms with Crippen molar-refractivity contribution in [1.82, 2.24) is 4.57 Å². The Morgan fingerprint density at radius 2 is 2.04 bits per heavy atom. The first-order chi connectivity index (χ1) is 12.3. The van der Waals surface area contributed by atoms with Crippen molar-refractivity contribution in [3.8, 4) is 11.4 Å². The molecule has 25 heavy (non-hydrogen) atoms. The van der Waals surface area contributed by atoms with Crippen LogP contribution in [0, 0.1) is 5.82 Å². The normalized spacial score (nSPS) is 15.3. The van der Waals surface area contributed by atoms with Crippen molar-refractivity contribution in [2.75, 3.05) is 6.61 Å². The molecule has 3 aromatic rings. The topological polar surface area (TPSA) is 26.5 Å². The molecule has 0 saturated carbocycles. The third-order valence-corrected chi connectivity index (χ3v) is 4.92. The van der Waals surface area contributed by atoms with E-state index in [9.17, 15) is 4.39 Å². The standard InChI is InChI=1S/C21H17FN2O/c22-17-5-1-6-18-16(17)13-23-21(19-7-2-10-24(18)19)15-8-9-20-14(12-15)4-3-11-25-20/h1-2,5-10,12H,3-4,11,13H2. The maximum absolute atomic E-state index is 14.3.